The van der Waals surface area contributed by atoms with E-state index in [4.69, 9.17) is 14.2 Å². The van der Waals surface area contributed by atoms with E-state index in [-0.39, 0.29) is 24.0 Å². The Hall–Kier alpha value is -3.13. The highest BCUT2D eigenvalue weighted by Crippen LogP contribution is 2.44. The van der Waals surface area contributed by atoms with E-state index in [9.17, 15) is 14.9 Å². The van der Waals surface area contributed by atoms with Gasteiger partial charge in [0, 0.05) is 36.9 Å². The maximum atomic E-state index is 12.4. The number of amides is 1. The summed E-state index contributed by atoms with van der Waals surface area (Å²) in [5.74, 6) is 1.61. The fourth-order valence-electron chi connectivity index (χ4n) is 4.34. The number of non-ortho nitro benzene ring substituents is 1. The normalized spacial score (nSPS) is 17.1. The standard InChI is InChI=1S/C25H32N2O6/c1-16-17(2)24-21(18(3)23(16)32-15-31-5)11-13-25(4,33-24)12-7-10-22(28)26-19-8-6-9-20(14-19)27(29)30/h6,8-9,14H,7,10-13,15H2,1-5H3,(H,26,28). The summed E-state index contributed by atoms with van der Waals surface area (Å²) in [7, 11) is 1.61. The van der Waals surface area contributed by atoms with Gasteiger partial charge in [0.25, 0.3) is 5.69 Å². The number of nitro benzene ring substituents is 1. The Kier molecular flexibility index (Phi) is 7.58. The van der Waals surface area contributed by atoms with Crippen molar-refractivity contribution in [2.24, 2.45) is 0 Å². The molecule has 2 aromatic carbocycles. The van der Waals surface area contributed by atoms with Crippen LogP contribution in [0.3, 0.4) is 0 Å². The van der Waals surface area contributed by atoms with Crippen LogP contribution >= 0.6 is 0 Å². The molecule has 0 saturated carbocycles. The van der Waals surface area contributed by atoms with Gasteiger partial charge in [-0.3, -0.25) is 14.9 Å². The van der Waals surface area contributed by atoms with Gasteiger partial charge >= 0.3 is 0 Å². The topological polar surface area (TPSA) is 99.9 Å². The molecule has 1 amide bonds. The molecule has 0 fully saturated rings. The number of nitrogens with one attached hydrogen (secondary N) is 1. The number of rotatable bonds is 9. The van der Waals surface area contributed by atoms with E-state index >= 15 is 0 Å². The summed E-state index contributed by atoms with van der Waals surface area (Å²) in [6, 6.07) is 5.96. The number of hydrogen-bond acceptors (Lipinski definition) is 6. The first-order valence-electron chi connectivity index (χ1n) is 11.1. The molecule has 0 saturated heterocycles. The van der Waals surface area contributed by atoms with Crippen molar-refractivity contribution in [3.63, 3.8) is 0 Å². The van der Waals surface area contributed by atoms with Gasteiger partial charge in [-0.15, -0.1) is 0 Å². The highest BCUT2D eigenvalue weighted by molar-refractivity contribution is 5.90. The number of fused-ring (bicyclic) bond motifs is 1. The van der Waals surface area contributed by atoms with Gasteiger partial charge in [-0.2, -0.15) is 0 Å². The highest BCUT2D eigenvalue weighted by atomic mass is 16.7. The van der Waals surface area contributed by atoms with E-state index in [2.05, 4.69) is 19.2 Å². The molecule has 1 atom stereocenters. The number of nitrogens with zero attached hydrogens (tertiary/aromatic N) is 1. The van der Waals surface area contributed by atoms with Crippen LogP contribution in [0.4, 0.5) is 11.4 Å². The minimum Gasteiger partial charge on any atom is -0.487 e. The summed E-state index contributed by atoms with van der Waals surface area (Å²) in [6.45, 7) is 8.43. The number of ether oxygens (including phenoxy) is 3. The predicted molar refractivity (Wildman–Crippen MR) is 126 cm³/mol. The molecule has 0 aromatic heterocycles. The summed E-state index contributed by atoms with van der Waals surface area (Å²) < 4.78 is 17.4. The van der Waals surface area contributed by atoms with E-state index in [1.165, 1.54) is 17.7 Å². The Morgan fingerprint density at radius 1 is 1.24 bits per heavy atom. The molecule has 0 spiro atoms. The van der Waals surface area contributed by atoms with Crippen LogP contribution < -0.4 is 14.8 Å². The largest absolute Gasteiger partial charge is 0.487 e. The number of carbonyl (C=O) groups is 1. The molecule has 2 aromatic rings. The third-order valence-electron chi connectivity index (χ3n) is 6.33. The van der Waals surface area contributed by atoms with Gasteiger partial charge in [-0.25, -0.2) is 0 Å². The number of nitro groups is 1. The molecular weight excluding hydrogens is 424 g/mol. The van der Waals surface area contributed by atoms with Crippen LogP contribution in [0.2, 0.25) is 0 Å². The fraction of sp³-hybridized carbons (Fsp3) is 0.480. The lowest BCUT2D eigenvalue weighted by molar-refractivity contribution is -0.384. The van der Waals surface area contributed by atoms with Crippen LogP contribution in [0.25, 0.3) is 0 Å². The van der Waals surface area contributed by atoms with Gasteiger partial charge in [-0.05, 0) is 76.1 Å². The van der Waals surface area contributed by atoms with Crippen LogP contribution in [0, 0.1) is 30.9 Å². The zero-order chi connectivity index (χ0) is 24.2. The second-order valence-corrected chi connectivity index (χ2v) is 8.82. The smallest absolute Gasteiger partial charge is 0.271 e. The molecule has 0 radical (unpaired) electrons. The molecular formula is C25H32N2O6. The molecule has 33 heavy (non-hydrogen) atoms. The van der Waals surface area contributed by atoms with Crippen LogP contribution in [0.5, 0.6) is 11.5 Å². The average molecular weight is 457 g/mol. The third-order valence-corrected chi connectivity index (χ3v) is 6.33. The predicted octanol–water partition coefficient (Wildman–Crippen LogP) is 5.40. The third kappa shape index (κ3) is 5.63. The number of anilines is 1. The van der Waals surface area contributed by atoms with Gasteiger partial charge in [0.1, 0.15) is 17.1 Å². The quantitative estimate of drug-likeness (QED) is 0.308. The zero-order valence-electron chi connectivity index (χ0n) is 19.9. The Morgan fingerprint density at radius 2 is 2.00 bits per heavy atom. The molecule has 1 aliphatic rings. The average Bonchev–Trinajstić information content (AvgIpc) is 2.77. The van der Waals surface area contributed by atoms with Crippen molar-refractivity contribution in [3.05, 3.63) is 56.6 Å². The molecule has 0 aliphatic carbocycles. The monoisotopic (exact) mass is 456 g/mol. The molecule has 1 unspecified atom stereocenters. The Bertz CT molecular complexity index is 1050. The van der Waals surface area contributed by atoms with Crippen molar-refractivity contribution in [2.75, 3.05) is 19.2 Å². The molecule has 3 rings (SSSR count). The fourth-order valence-corrected chi connectivity index (χ4v) is 4.34. The summed E-state index contributed by atoms with van der Waals surface area (Å²) >= 11 is 0. The van der Waals surface area contributed by atoms with Crippen LogP contribution in [-0.2, 0) is 16.0 Å². The summed E-state index contributed by atoms with van der Waals surface area (Å²) in [6.07, 6.45) is 3.42. The Morgan fingerprint density at radius 3 is 2.70 bits per heavy atom. The first kappa shape index (κ1) is 24.5. The Balaban J connectivity index is 1.62. The molecule has 178 valence electrons. The summed E-state index contributed by atoms with van der Waals surface area (Å²) in [5.41, 5.74) is 4.38. The molecule has 1 heterocycles. The van der Waals surface area contributed by atoms with E-state index in [0.29, 0.717) is 18.5 Å². The first-order valence-corrected chi connectivity index (χ1v) is 11.1. The number of carbonyl (C=O) groups excluding carboxylic acids is 1. The van der Waals surface area contributed by atoms with E-state index in [0.717, 1.165) is 47.5 Å². The van der Waals surface area contributed by atoms with Gasteiger partial charge < -0.3 is 19.5 Å². The summed E-state index contributed by atoms with van der Waals surface area (Å²) in [5, 5.41) is 13.6. The zero-order valence-corrected chi connectivity index (χ0v) is 19.9. The highest BCUT2D eigenvalue weighted by Gasteiger charge is 2.34. The second kappa shape index (κ2) is 10.2. The maximum Gasteiger partial charge on any atom is 0.271 e. The van der Waals surface area contributed by atoms with Crippen molar-refractivity contribution in [1.29, 1.82) is 0 Å². The van der Waals surface area contributed by atoms with Crippen LogP contribution in [-0.4, -0.2) is 30.3 Å². The summed E-state index contributed by atoms with van der Waals surface area (Å²) in [4.78, 5) is 22.8. The maximum absolute atomic E-state index is 12.4. The van der Waals surface area contributed by atoms with Crippen LogP contribution in [0.15, 0.2) is 24.3 Å². The van der Waals surface area contributed by atoms with Crippen molar-refractivity contribution >= 4 is 17.3 Å². The lowest BCUT2D eigenvalue weighted by Crippen LogP contribution is -2.37. The van der Waals surface area contributed by atoms with Gasteiger partial charge in [0.2, 0.25) is 5.91 Å². The van der Waals surface area contributed by atoms with Crippen molar-refractivity contribution in [2.45, 2.75) is 65.4 Å². The van der Waals surface area contributed by atoms with Crippen LogP contribution in [0.1, 0.15) is 54.9 Å². The lowest BCUT2D eigenvalue weighted by Gasteiger charge is -2.38. The minimum absolute atomic E-state index is 0.0497. The van der Waals surface area contributed by atoms with Gasteiger partial charge in [-0.1, -0.05) is 6.07 Å². The minimum atomic E-state index is -0.479. The van der Waals surface area contributed by atoms with E-state index in [1.807, 2.05) is 13.8 Å². The van der Waals surface area contributed by atoms with Crippen molar-refractivity contribution in [1.82, 2.24) is 0 Å². The number of methoxy groups -OCH3 is 1. The molecule has 0 bridgehead atoms. The van der Waals surface area contributed by atoms with Gasteiger partial charge in [0.05, 0.1) is 4.92 Å². The molecule has 1 N–H and O–H groups in total. The number of hydrogen-bond donors (Lipinski definition) is 1. The van der Waals surface area contributed by atoms with Gasteiger partial charge in [0.15, 0.2) is 6.79 Å². The lowest BCUT2D eigenvalue weighted by atomic mass is 9.84. The number of benzene rings is 2. The van der Waals surface area contributed by atoms with E-state index < -0.39 is 4.92 Å². The van der Waals surface area contributed by atoms with Crippen molar-refractivity contribution in [3.8, 4) is 11.5 Å². The van der Waals surface area contributed by atoms with Crippen molar-refractivity contribution < 1.29 is 23.9 Å². The molecule has 8 nitrogen and oxygen atoms in total. The second-order valence-electron chi connectivity index (χ2n) is 8.82. The van der Waals surface area contributed by atoms with E-state index in [1.54, 1.807) is 19.2 Å². The molecule has 8 heteroatoms. The SMILES string of the molecule is COCOc1c(C)c(C)c2c(c1C)CCC(C)(CCCC(=O)Nc1cccc([N+](=O)[O-])c1)O2. The first-order chi connectivity index (χ1) is 15.6. The molecule has 1 aliphatic heterocycles. The Labute approximate surface area is 194 Å².